The predicted molar refractivity (Wildman–Crippen MR) is 48.2 cm³/mol. The van der Waals surface area contributed by atoms with E-state index < -0.39 is 0 Å². The molecule has 0 saturated heterocycles. The molecular weight excluding hydrogens is 138 g/mol. The van der Waals surface area contributed by atoms with Gasteiger partial charge in [-0.3, -0.25) is 0 Å². The minimum Gasteiger partial charge on any atom is -0.302 e. The van der Waals surface area contributed by atoms with Gasteiger partial charge in [0, 0.05) is 6.54 Å². The molecule has 0 aromatic rings. The van der Waals surface area contributed by atoms with Gasteiger partial charge in [0.15, 0.2) is 0 Å². The van der Waals surface area contributed by atoms with E-state index >= 15 is 0 Å². The molecule has 0 heterocycles. The van der Waals surface area contributed by atoms with Crippen LogP contribution in [0.1, 0.15) is 34.6 Å². The highest BCUT2D eigenvalue weighted by Crippen LogP contribution is 2.09. The largest absolute Gasteiger partial charge is 0.302 e. The molecule has 0 aliphatic carbocycles. The van der Waals surface area contributed by atoms with E-state index in [1.165, 1.54) is 0 Å². The molecule has 68 valence electrons. The van der Waals surface area contributed by atoms with Gasteiger partial charge in [-0.15, -0.1) is 0 Å². The van der Waals surface area contributed by atoms with Crippen LogP contribution in [0.15, 0.2) is 0 Å². The summed E-state index contributed by atoms with van der Waals surface area (Å²) >= 11 is 0. The maximum Gasteiger partial charge on any atom is 0.0705 e. The summed E-state index contributed by atoms with van der Waals surface area (Å²) in [5.74, 6) is 0.600. The lowest BCUT2D eigenvalue weighted by Gasteiger charge is -2.18. The van der Waals surface area contributed by atoms with Crippen molar-refractivity contribution < 1.29 is 4.84 Å². The van der Waals surface area contributed by atoms with Crippen molar-refractivity contribution in [3.05, 3.63) is 0 Å². The molecule has 0 amide bonds. The van der Waals surface area contributed by atoms with E-state index in [0.717, 1.165) is 13.2 Å². The zero-order valence-corrected chi connectivity index (χ0v) is 8.40. The van der Waals surface area contributed by atoms with Crippen molar-refractivity contribution in [2.45, 2.75) is 34.6 Å². The van der Waals surface area contributed by atoms with Gasteiger partial charge in [0.1, 0.15) is 0 Å². The summed E-state index contributed by atoms with van der Waals surface area (Å²) in [4.78, 5) is 5.22. The molecule has 2 nitrogen and oxygen atoms in total. The predicted octanol–water partition coefficient (Wildman–Crippen LogP) is 2.21. The molecule has 0 aromatic carbocycles. The standard InChI is InChI=1S/C9H21NO/c1-8(2)6-11-10-7-9(3,4)5/h8,10H,6-7H2,1-5H3. The minimum atomic E-state index is 0.303. The molecule has 0 unspecified atom stereocenters. The number of hydroxylamine groups is 1. The lowest BCUT2D eigenvalue weighted by Crippen LogP contribution is -2.28. The minimum absolute atomic E-state index is 0.303. The molecule has 0 aromatic heterocycles. The first-order valence-electron chi connectivity index (χ1n) is 4.26. The third-order valence-corrected chi connectivity index (χ3v) is 1.12. The number of hydrogen-bond acceptors (Lipinski definition) is 2. The first kappa shape index (κ1) is 10.9. The fraction of sp³-hybridized carbons (Fsp3) is 1.00. The molecule has 0 saturated carbocycles. The van der Waals surface area contributed by atoms with E-state index in [1.54, 1.807) is 0 Å². The van der Waals surface area contributed by atoms with Crippen molar-refractivity contribution in [3.63, 3.8) is 0 Å². The van der Waals surface area contributed by atoms with Crippen LogP contribution in [0.4, 0.5) is 0 Å². The quantitative estimate of drug-likeness (QED) is 0.501. The molecule has 2 heteroatoms. The van der Waals surface area contributed by atoms with Gasteiger partial charge in [-0.1, -0.05) is 34.6 Å². The van der Waals surface area contributed by atoms with Gasteiger partial charge in [-0.2, -0.15) is 0 Å². The average Bonchev–Trinajstić information content (AvgIpc) is 1.78. The van der Waals surface area contributed by atoms with Crippen LogP contribution in [-0.2, 0) is 4.84 Å². The highest BCUT2D eigenvalue weighted by atomic mass is 16.6. The Bertz CT molecular complexity index is 94.2. The zero-order valence-electron chi connectivity index (χ0n) is 8.40. The van der Waals surface area contributed by atoms with Gasteiger partial charge in [-0.05, 0) is 11.3 Å². The van der Waals surface area contributed by atoms with Crippen LogP contribution < -0.4 is 5.48 Å². The second-order valence-corrected chi connectivity index (χ2v) is 4.59. The first-order chi connectivity index (χ1) is 4.92. The second-order valence-electron chi connectivity index (χ2n) is 4.59. The lowest BCUT2D eigenvalue weighted by atomic mass is 9.98. The third-order valence-electron chi connectivity index (χ3n) is 1.12. The van der Waals surface area contributed by atoms with Crippen molar-refractivity contribution in [3.8, 4) is 0 Å². The Hall–Kier alpha value is -0.0800. The Morgan fingerprint density at radius 1 is 1.27 bits per heavy atom. The Morgan fingerprint density at radius 3 is 2.18 bits per heavy atom. The molecule has 0 radical (unpaired) electrons. The van der Waals surface area contributed by atoms with Crippen LogP contribution >= 0.6 is 0 Å². The van der Waals surface area contributed by atoms with Gasteiger partial charge < -0.3 is 4.84 Å². The smallest absolute Gasteiger partial charge is 0.0705 e. The summed E-state index contributed by atoms with van der Waals surface area (Å²) in [6, 6.07) is 0. The normalized spacial score (nSPS) is 12.5. The summed E-state index contributed by atoms with van der Waals surface area (Å²) < 4.78 is 0. The SMILES string of the molecule is CC(C)CONCC(C)(C)C. The number of nitrogens with one attached hydrogen (secondary N) is 1. The van der Waals surface area contributed by atoms with Crippen LogP contribution in [-0.4, -0.2) is 13.2 Å². The van der Waals surface area contributed by atoms with Crippen LogP contribution in [0.3, 0.4) is 0 Å². The lowest BCUT2D eigenvalue weighted by molar-refractivity contribution is 0.00867. The molecule has 0 atom stereocenters. The van der Waals surface area contributed by atoms with Crippen molar-refractivity contribution in [2.75, 3.05) is 13.2 Å². The Kier molecular flexibility index (Phi) is 4.69. The van der Waals surface area contributed by atoms with E-state index in [9.17, 15) is 0 Å². The van der Waals surface area contributed by atoms with E-state index in [4.69, 9.17) is 4.84 Å². The molecule has 0 bridgehead atoms. The van der Waals surface area contributed by atoms with Crippen molar-refractivity contribution >= 4 is 0 Å². The maximum absolute atomic E-state index is 5.22. The summed E-state index contributed by atoms with van der Waals surface area (Å²) in [6.45, 7) is 12.5. The summed E-state index contributed by atoms with van der Waals surface area (Å²) in [7, 11) is 0. The summed E-state index contributed by atoms with van der Waals surface area (Å²) in [5.41, 5.74) is 3.26. The maximum atomic E-state index is 5.22. The molecule has 0 rings (SSSR count). The van der Waals surface area contributed by atoms with Gasteiger partial charge in [0.05, 0.1) is 6.61 Å². The van der Waals surface area contributed by atoms with Gasteiger partial charge in [0.2, 0.25) is 0 Å². The highest BCUT2D eigenvalue weighted by molar-refractivity contribution is 4.60. The summed E-state index contributed by atoms with van der Waals surface area (Å²) in [6.07, 6.45) is 0. The Morgan fingerprint density at radius 2 is 1.82 bits per heavy atom. The van der Waals surface area contributed by atoms with E-state index in [0.29, 0.717) is 11.3 Å². The first-order valence-corrected chi connectivity index (χ1v) is 4.26. The number of rotatable bonds is 4. The van der Waals surface area contributed by atoms with Gasteiger partial charge >= 0.3 is 0 Å². The van der Waals surface area contributed by atoms with Crippen molar-refractivity contribution in [1.82, 2.24) is 5.48 Å². The Labute approximate surface area is 70.3 Å². The molecule has 0 spiro atoms. The van der Waals surface area contributed by atoms with Gasteiger partial charge in [-0.25, -0.2) is 5.48 Å². The topological polar surface area (TPSA) is 21.3 Å². The summed E-state index contributed by atoms with van der Waals surface area (Å²) in [5, 5.41) is 0. The van der Waals surface area contributed by atoms with Gasteiger partial charge in [0.25, 0.3) is 0 Å². The average molecular weight is 159 g/mol. The van der Waals surface area contributed by atoms with Crippen molar-refractivity contribution in [2.24, 2.45) is 11.3 Å². The van der Waals surface area contributed by atoms with E-state index in [-0.39, 0.29) is 0 Å². The number of hydrogen-bond donors (Lipinski definition) is 1. The molecular formula is C9H21NO. The zero-order chi connectivity index (χ0) is 8.91. The fourth-order valence-corrected chi connectivity index (χ4v) is 0.493. The monoisotopic (exact) mass is 159 g/mol. The molecule has 0 fully saturated rings. The van der Waals surface area contributed by atoms with Crippen LogP contribution in [0.5, 0.6) is 0 Å². The van der Waals surface area contributed by atoms with Crippen LogP contribution in [0.25, 0.3) is 0 Å². The van der Waals surface area contributed by atoms with Crippen LogP contribution in [0, 0.1) is 11.3 Å². The second kappa shape index (κ2) is 4.73. The van der Waals surface area contributed by atoms with E-state index in [1.807, 2.05) is 0 Å². The van der Waals surface area contributed by atoms with Crippen molar-refractivity contribution in [1.29, 1.82) is 0 Å². The Balaban J connectivity index is 3.15. The molecule has 1 N–H and O–H groups in total. The molecule has 11 heavy (non-hydrogen) atoms. The third kappa shape index (κ3) is 9.92. The molecule has 0 aliphatic heterocycles. The fourth-order valence-electron chi connectivity index (χ4n) is 0.493. The highest BCUT2D eigenvalue weighted by Gasteiger charge is 2.08. The van der Waals surface area contributed by atoms with E-state index in [2.05, 4.69) is 40.1 Å². The van der Waals surface area contributed by atoms with Crippen LogP contribution in [0.2, 0.25) is 0 Å². The molecule has 0 aliphatic rings.